The molecule has 3 aliphatic heterocycles. The number of esters is 6. The largest absolute Gasteiger partial charge is 0.458 e. The highest BCUT2D eigenvalue weighted by Crippen LogP contribution is 2.65. The van der Waals surface area contributed by atoms with Crippen molar-refractivity contribution in [2.45, 2.75) is 129 Å². The number of hydrogen-bond acceptors (Lipinski definition) is 15. The van der Waals surface area contributed by atoms with Gasteiger partial charge >= 0.3 is 35.8 Å². The third-order valence-electron chi connectivity index (χ3n) is 16.0. The van der Waals surface area contributed by atoms with Gasteiger partial charge < -0.3 is 28.4 Å². The summed E-state index contributed by atoms with van der Waals surface area (Å²) < 4.78 is 35.4. The molecule has 6 saturated carbocycles. The van der Waals surface area contributed by atoms with Crippen LogP contribution in [0.25, 0.3) is 0 Å². The van der Waals surface area contributed by atoms with E-state index in [0.717, 1.165) is 0 Å². The maximum atomic E-state index is 14.7. The summed E-state index contributed by atoms with van der Waals surface area (Å²) >= 11 is 0. The molecule has 9 aliphatic rings. The van der Waals surface area contributed by atoms with Crippen molar-refractivity contribution < 1.29 is 57.2 Å². The molecule has 296 valence electrons. The SMILES string of the molecule is CCC(C)(CC(C)(CC(C)(C)C(=O)OC1C2CC3C1OC(=O)C3(C#N)C2)C(=O)OC1C2CC3C1OC(=O)C3(C#N)C2)C(=O)OC1C2CC3C1OC(=O)C3(C#N)C2. The van der Waals surface area contributed by atoms with Crippen LogP contribution in [0.4, 0.5) is 0 Å². The van der Waals surface area contributed by atoms with E-state index in [-0.39, 0.29) is 68.1 Å². The van der Waals surface area contributed by atoms with Gasteiger partial charge in [-0.15, -0.1) is 0 Å². The number of hydrogen-bond donors (Lipinski definition) is 0. The van der Waals surface area contributed by atoms with Gasteiger partial charge in [0.2, 0.25) is 0 Å². The van der Waals surface area contributed by atoms with Crippen LogP contribution in [0.15, 0.2) is 0 Å². The fraction of sp³-hybridized carbons (Fsp3) is 0.780. The van der Waals surface area contributed by atoms with E-state index in [0.29, 0.717) is 19.3 Å². The van der Waals surface area contributed by atoms with Crippen LogP contribution < -0.4 is 0 Å². The Morgan fingerprint density at radius 3 is 1.29 bits per heavy atom. The molecule has 6 aliphatic carbocycles. The number of carbonyl (C=O) groups is 6. The summed E-state index contributed by atoms with van der Waals surface area (Å²) in [6.45, 7) is 8.38. The fourth-order valence-corrected chi connectivity index (χ4v) is 13.1. The molecule has 9 rings (SSSR count). The Labute approximate surface area is 323 Å². The average Bonchev–Trinajstić information content (AvgIpc) is 4.03. The van der Waals surface area contributed by atoms with Crippen molar-refractivity contribution in [1.29, 1.82) is 15.8 Å². The molecule has 0 spiro atoms. The molecule has 0 amide bonds. The van der Waals surface area contributed by atoms with Gasteiger partial charge in [0.25, 0.3) is 0 Å². The molecule has 56 heavy (non-hydrogen) atoms. The van der Waals surface area contributed by atoms with E-state index in [1.807, 2.05) is 0 Å². The number of carbonyl (C=O) groups excluding carboxylic acids is 6. The van der Waals surface area contributed by atoms with Crippen LogP contribution >= 0.6 is 0 Å². The minimum absolute atomic E-state index is 0.120. The van der Waals surface area contributed by atoms with Crippen LogP contribution in [0, 0.1) is 102 Å². The van der Waals surface area contributed by atoms with E-state index in [4.69, 9.17) is 28.4 Å². The maximum absolute atomic E-state index is 14.7. The quantitative estimate of drug-likeness (QED) is 0.217. The molecule has 0 aromatic heterocycles. The molecule has 0 aromatic rings. The fourth-order valence-electron chi connectivity index (χ4n) is 13.1. The predicted octanol–water partition coefficient (Wildman–Crippen LogP) is 3.38. The summed E-state index contributed by atoms with van der Waals surface area (Å²) in [5.74, 6) is -5.64. The molecule has 9 fully saturated rings. The molecular weight excluding hydrogens is 726 g/mol. The normalized spacial score (nSPS) is 45.9. The zero-order valence-electron chi connectivity index (χ0n) is 32.0. The first-order valence-corrected chi connectivity index (χ1v) is 19.9. The second-order valence-corrected chi connectivity index (χ2v) is 19.6. The molecule has 17 atom stereocenters. The van der Waals surface area contributed by atoms with Gasteiger partial charge in [-0.3, -0.25) is 28.8 Å². The van der Waals surface area contributed by atoms with Gasteiger partial charge in [-0.25, -0.2) is 0 Å². The van der Waals surface area contributed by atoms with Crippen LogP contribution in [0.2, 0.25) is 0 Å². The van der Waals surface area contributed by atoms with Gasteiger partial charge in [0.05, 0.1) is 34.5 Å². The van der Waals surface area contributed by atoms with Gasteiger partial charge in [-0.1, -0.05) is 6.92 Å². The van der Waals surface area contributed by atoms with Gasteiger partial charge in [-0.2, -0.15) is 15.8 Å². The molecule has 6 bridgehead atoms. The van der Waals surface area contributed by atoms with Gasteiger partial charge in [0.15, 0.2) is 16.2 Å². The summed E-state index contributed by atoms with van der Waals surface area (Å²) in [5.41, 5.74) is -7.87. The lowest BCUT2D eigenvalue weighted by molar-refractivity contribution is -0.184. The van der Waals surface area contributed by atoms with Crippen molar-refractivity contribution in [3.63, 3.8) is 0 Å². The molecule has 17 unspecified atom stereocenters. The summed E-state index contributed by atoms with van der Waals surface area (Å²) in [6.07, 6.45) is -2.35. The van der Waals surface area contributed by atoms with Crippen molar-refractivity contribution in [3.05, 3.63) is 0 Å². The van der Waals surface area contributed by atoms with Crippen molar-refractivity contribution in [2.75, 3.05) is 0 Å². The lowest BCUT2D eigenvalue weighted by Crippen LogP contribution is -2.49. The zero-order chi connectivity index (χ0) is 40.1. The van der Waals surface area contributed by atoms with Gasteiger partial charge in [0, 0.05) is 35.5 Å². The van der Waals surface area contributed by atoms with E-state index in [9.17, 15) is 44.6 Å². The molecule has 0 N–H and O–H groups in total. The Morgan fingerprint density at radius 1 is 0.607 bits per heavy atom. The van der Waals surface area contributed by atoms with Crippen molar-refractivity contribution >= 4 is 35.8 Å². The average molecular weight is 772 g/mol. The Morgan fingerprint density at radius 2 is 0.946 bits per heavy atom. The van der Waals surface area contributed by atoms with E-state index in [2.05, 4.69) is 18.2 Å². The van der Waals surface area contributed by atoms with Crippen LogP contribution in [0.3, 0.4) is 0 Å². The van der Waals surface area contributed by atoms with Crippen LogP contribution in [0.5, 0.6) is 0 Å². The van der Waals surface area contributed by atoms with Crippen molar-refractivity contribution in [3.8, 4) is 18.2 Å². The first kappa shape index (κ1) is 36.9. The first-order valence-electron chi connectivity index (χ1n) is 19.9. The van der Waals surface area contributed by atoms with E-state index < -0.39 is 111 Å². The monoisotopic (exact) mass is 771 g/mol. The molecular formula is C41H45N3O12. The Balaban J connectivity index is 0.966. The number of rotatable bonds is 11. The minimum Gasteiger partial charge on any atom is -0.458 e. The minimum atomic E-state index is -1.53. The summed E-state index contributed by atoms with van der Waals surface area (Å²) in [5, 5.41) is 29.6. The van der Waals surface area contributed by atoms with E-state index in [1.165, 1.54) is 0 Å². The lowest BCUT2D eigenvalue weighted by Gasteiger charge is -2.42. The predicted molar refractivity (Wildman–Crippen MR) is 182 cm³/mol. The summed E-state index contributed by atoms with van der Waals surface area (Å²) in [6, 6.07) is 6.47. The standard InChI is InChI=1S/C41H45N3O12/c1-6-37(4,31(46)52-25-19-8-22-28(25)55-34(49)40(22,11-19)16-43)14-38(5,32(47)53-26-20-9-23-29(26)56-35(50)41(23,12-20)17-44)13-36(2,3)30(45)51-24-18-7-21-27(24)54-33(48)39(21,10-18)15-42/h18-29H,6-14H2,1-5H3. The van der Waals surface area contributed by atoms with E-state index >= 15 is 0 Å². The molecule has 0 radical (unpaired) electrons. The number of ether oxygens (including phenoxy) is 6. The topological polar surface area (TPSA) is 229 Å². The molecule has 15 nitrogen and oxygen atoms in total. The lowest BCUT2D eigenvalue weighted by atomic mass is 9.65. The second-order valence-electron chi connectivity index (χ2n) is 19.6. The molecule has 3 saturated heterocycles. The first-order chi connectivity index (χ1) is 26.4. The smallest absolute Gasteiger partial charge is 0.327 e. The Hall–Kier alpha value is -4.71. The molecule has 3 heterocycles. The summed E-state index contributed by atoms with van der Waals surface area (Å²) in [4.78, 5) is 81.5. The number of nitrogens with zero attached hydrogens (tertiary/aromatic N) is 3. The highest BCUT2D eigenvalue weighted by atomic mass is 16.6. The van der Waals surface area contributed by atoms with E-state index in [1.54, 1.807) is 34.6 Å². The highest BCUT2D eigenvalue weighted by molar-refractivity contribution is 5.87. The summed E-state index contributed by atoms with van der Waals surface area (Å²) in [7, 11) is 0. The van der Waals surface area contributed by atoms with Crippen molar-refractivity contribution in [2.24, 2.45) is 68.0 Å². The third-order valence-corrected chi connectivity index (χ3v) is 16.0. The zero-order valence-corrected chi connectivity index (χ0v) is 32.0. The van der Waals surface area contributed by atoms with Crippen LogP contribution in [-0.2, 0) is 57.2 Å². The van der Waals surface area contributed by atoms with Crippen LogP contribution in [0.1, 0.15) is 92.4 Å². The molecule has 15 heteroatoms. The Kier molecular flexibility index (Phi) is 7.55. The number of nitriles is 3. The Bertz CT molecular complexity index is 2010. The van der Waals surface area contributed by atoms with Gasteiger partial charge in [-0.05, 0) is 85.5 Å². The third kappa shape index (κ3) is 4.47. The van der Waals surface area contributed by atoms with Gasteiger partial charge in [0.1, 0.15) is 36.6 Å². The molecule has 0 aromatic carbocycles. The maximum Gasteiger partial charge on any atom is 0.327 e. The highest BCUT2D eigenvalue weighted by Gasteiger charge is 2.75. The van der Waals surface area contributed by atoms with Crippen molar-refractivity contribution in [1.82, 2.24) is 0 Å². The second kappa shape index (κ2) is 11.5. The number of fused-ring (bicyclic) bond motifs is 3. The van der Waals surface area contributed by atoms with Crippen LogP contribution in [-0.4, -0.2) is 72.4 Å².